The molecule has 2 aromatic heterocycles. The Kier molecular flexibility index (Phi) is 3.34. The molecule has 0 aromatic carbocycles. The monoisotopic (exact) mass is 314 g/mol. The lowest BCUT2D eigenvalue weighted by Crippen LogP contribution is -2.22. The van der Waals surface area contributed by atoms with Gasteiger partial charge in [-0.15, -0.1) is 0 Å². The number of hydrogen-bond acceptors (Lipinski definition) is 5. The maximum atomic E-state index is 11.7. The fourth-order valence-corrected chi connectivity index (χ4v) is 1.58. The van der Waals surface area contributed by atoms with E-state index in [0.29, 0.717) is 10.4 Å². The van der Waals surface area contributed by atoms with Crippen LogP contribution in [-0.2, 0) is 0 Å². The Labute approximate surface area is 109 Å². The van der Waals surface area contributed by atoms with Gasteiger partial charge in [0.2, 0.25) is 4.77 Å². The lowest BCUT2D eigenvalue weighted by atomic mass is 10.5. The first-order valence-electron chi connectivity index (χ1n) is 4.56. The van der Waals surface area contributed by atoms with E-state index >= 15 is 0 Å². The van der Waals surface area contributed by atoms with Crippen LogP contribution in [0.25, 0.3) is 0 Å². The number of H-pyrrole nitrogens is 1. The van der Waals surface area contributed by atoms with Crippen molar-refractivity contribution in [3.63, 3.8) is 0 Å². The SMILES string of the molecule is Cc1n[nH]c(=S)n(/N=C/c2ccc(Br)o2)c1=O. The van der Waals surface area contributed by atoms with Crippen LogP contribution in [0.4, 0.5) is 0 Å². The molecule has 0 saturated heterocycles. The molecule has 6 nitrogen and oxygen atoms in total. The molecule has 0 unspecified atom stereocenters. The first kappa shape index (κ1) is 11.9. The van der Waals surface area contributed by atoms with Gasteiger partial charge in [-0.05, 0) is 47.2 Å². The molecule has 0 atom stereocenters. The topological polar surface area (TPSA) is 76.2 Å². The summed E-state index contributed by atoms with van der Waals surface area (Å²) in [6, 6.07) is 3.43. The average molecular weight is 315 g/mol. The van der Waals surface area contributed by atoms with Crippen LogP contribution in [0.3, 0.4) is 0 Å². The van der Waals surface area contributed by atoms with Crippen molar-refractivity contribution < 1.29 is 4.42 Å². The molecule has 0 saturated carbocycles. The molecule has 2 heterocycles. The third kappa shape index (κ3) is 2.59. The number of hydrogen-bond donors (Lipinski definition) is 1. The lowest BCUT2D eigenvalue weighted by molar-refractivity contribution is 0.533. The van der Waals surface area contributed by atoms with E-state index in [1.165, 1.54) is 6.21 Å². The van der Waals surface area contributed by atoms with Gasteiger partial charge in [-0.25, -0.2) is 0 Å². The van der Waals surface area contributed by atoms with E-state index in [0.717, 1.165) is 4.68 Å². The van der Waals surface area contributed by atoms with Gasteiger partial charge in [-0.2, -0.15) is 14.9 Å². The summed E-state index contributed by atoms with van der Waals surface area (Å²) >= 11 is 8.08. The number of aryl methyl sites for hydroxylation is 1. The number of halogens is 1. The van der Waals surface area contributed by atoms with Gasteiger partial charge < -0.3 is 4.42 Å². The zero-order chi connectivity index (χ0) is 12.4. The molecule has 0 spiro atoms. The highest BCUT2D eigenvalue weighted by atomic mass is 79.9. The predicted octanol–water partition coefficient (Wildman–Crippen LogP) is 1.85. The minimum atomic E-state index is -0.365. The molecule has 0 amide bonds. The van der Waals surface area contributed by atoms with Gasteiger partial charge in [0.1, 0.15) is 11.5 Å². The summed E-state index contributed by atoms with van der Waals surface area (Å²) in [6.07, 6.45) is 1.40. The number of furan rings is 1. The number of rotatable bonds is 2. The minimum Gasteiger partial charge on any atom is -0.448 e. The van der Waals surface area contributed by atoms with Gasteiger partial charge in [-0.1, -0.05) is 0 Å². The molecule has 2 rings (SSSR count). The summed E-state index contributed by atoms with van der Waals surface area (Å²) in [5.41, 5.74) is -0.0769. The molecular formula is C9H7BrN4O2S. The molecule has 0 bridgehead atoms. The Hall–Kier alpha value is -1.54. The quantitative estimate of drug-likeness (QED) is 0.678. The molecule has 17 heavy (non-hydrogen) atoms. The van der Waals surface area contributed by atoms with E-state index in [-0.39, 0.29) is 16.0 Å². The Morgan fingerprint density at radius 3 is 3.06 bits per heavy atom. The van der Waals surface area contributed by atoms with Crippen LogP contribution in [0.5, 0.6) is 0 Å². The van der Waals surface area contributed by atoms with Crippen LogP contribution in [0.15, 0.2) is 31.1 Å². The number of nitrogens with zero attached hydrogens (tertiary/aromatic N) is 3. The van der Waals surface area contributed by atoms with Crippen LogP contribution >= 0.6 is 28.1 Å². The smallest absolute Gasteiger partial charge is 0.296 e. The van der Waals surface area contributed by atoms with Gasteiger partial charge in [0.05, 0.1) is 6.21 Å². The third-order valence-corrected chi connectivity index (χ3v) is 2.60. The van der Waals surface area contributed by atoms with E-state index in [4.69, 9.17) is 16.6 Å². The van der Waals surface area contributed by atoms with E-state index in [2.05, 4.69) is 31.2 Å². The standard InChI is InChI=1S/C9H7BrN4O2S/c1-5-8(15)14(9(17)13-12-5)11-4-6-2-3-7(10)16-6/h2-4H,1H3,(H,13,17)/b11-4+. The molecule has 1 N–H and O–H groups in total. The van der Waals surface area contributed by atoms with Crippen molar-refractivity contribution in [3.8, 4) is 0 Å². The van der Waals surface area contributed by atoms with Gasteiger partial charge in [0.25, 0.3) is 5.56 Å². The summed E-state index contributed by atoms with van der Waals surface area (Å²) in [5, 5.41) is 10.2. The van der Waals surface area contributed by atoms with Crippen molar-refractivity contribution in [1.82, 2.24) is 14.9 Å². The van der Waals surface area contributed by atoms with Crippen molar-refractivity contribution in [1.29, 1.82) is 0 Å². The zero-order valence-corrected chi connectivity index (χ0v) is 11.1. The fraction of sp³-hybridized carbons (Fsp3) is 0.111. The number of nitrogens with one attached hydrogen (secondary N) is 1. The van der Waals surface area contributed by atoms with Gasteiger partial charge in [0, 0.05) is 0 Å². The van der Waals surface area contributed by atoms with E-state index in [1.807, 2.05) is 0 Å². The van der Waals surface area contributed by atoms with Gasteiger partial charge in [-0.3, -0.25) is 9.89 Å². The molecule has 0 fully saturated rings. The molecule has 0 aliphatic heterocycles. The fourth-order valence-electron chi connectivity index (χ4n) is 1.09. The second kappa shape index (κ2) is 4.76. The van der Waals surface area contributed by atoms with Crippen LogP contribution < -0.4 is 5.56 Å². The number of aromatic amines is 1. The van der Waals surface area contributed by atoms with Crippen LogP contribution in [0.1, 0.15) is 11.5 Å². The first-order valence-corrected chi connectivity index (χ1v) is 5.76. The molecular weight excluding hydrogens is 308 g/mol. The maximum absolute atomic E-state index is 11.7. The maximum Gasteiger partial charge on any atom is 0.296 e. The van der Waals surface area contributed by atoms with Crippen LogP contribution in [-0.4, -0.2) is 21.1 Å². The Balaban J connectivity index is 2.43. The summed E-state index contributed by atoms with van der Waals surface area (Å²) in [5.74, 6) is 0.507. The Bertz CT molecular complexity index is 685. The Morgan fingerprint density at radius 2 is 2.41 bits per heavy atom. The van der Waals surface area contributed by atoms with E-state index < -0.39 is 0 Å². The van der Waals surface area contributed by atoms with Crippen molar-refractivity contribution in [2.24, 2.45) is 5.10 Å². The molecule has 8 heteroatoms. The summed E-state index contributed by atoms with van der Waals surface area (Å²) in [4.78, 5) is 11.7. The van der Waals surface area contributed by atoms with E-state index in [9.17, 15) is 4.79 Å². The molecule has 2 aromatic rings. The molecule has 88 valence electrons. The highest BCUT2D eigenvalue weighted by molar-refractivity contribution is 9.10. The second-order valence-corrected chi connectivity index (χ2v) is 4.29. The van der Waals surface area contributed by atoms with Gasteiger partial charge in [0.15, 0.2) is 4.67 Å². The predicted molar refractivity (Wildman–Crippen MR) is 67.8 cm³/mol. The van der Waals surface area contributed by atoms with Gasteiger partial charge >= 0.3 is 0 Å². The second-order valence-electron chi connectivity index (χ2n) is 3.12. The van der Waals surface area contributed by atoms with Crippen molar-refractivity contribution >= 4 is 34.4 Å². The normalized spacial score (nSPS) is 11.2. The van der Waals surface area contributed by atoms with Crippen LogP contribution in [0.2, 0.25) is 0 Å². The zero-order valence-electron chi connectivity index (χ0n) is 8.68. The summed E-state index contributed by atoms with van der Waals surface area (Å²) in [7, 11) is 0. The first-order chi connectivity index (χ1) is 8.08. The molecule has 0 aliphatic carbocycles. The van der Waals surface area contributed by atoms with Crippen molar-refractivity contribution in [2.75, 3.05) is 0 Å². The largest absolute Gasteiger partial charge is 0.448 e. The van der Waals surface area contributed by atoms with Crippen molar-refractivity contribution in [3.05, 3.63) is 43.4 Å². The van der Waals surface area contributed by atoms with Crippen LogP contribution in [0, 0.1) is 11.7 Å². The molecule has 0 radical (unpaired) electrons. The average Bonchev–Trinajstić information content (AvgIpc) is 2.70. The highest BCUT2D eigenvalue weighted by Crippen LogP contribution is 2.12. The minimum absolute atomic E-state index is 0.127. The summed E-state index contributed by atoms with van der Waals surface area (Å²) in [6.45, 7) is 1.57. The summed E-state index contributed by atoms with van der Waals surface area (Å²) < 4.78 is 6.97. The van der Waals surface area contributed by atoms with E-state index in [1.54, 1.807) is 19.1 Å². The van der Waals surface area contributed by atoms with Crippen molar-refractivity contribution in [2.45, 2.75) is 6.92 Å². The lowest BCUT2D eigenvalue weighted by Gasteiger charge is -1.97. The molecule has 0 aliphatic rings. The number of aromatic nitrogens is 3. The third-order valence-electron chi connectivity index (χ3n) is 1.91. The Morgan fingerprint density at radius 1 is 1.65 bits per heavy atom. The highest BCUT2D eigenvalue weighted by Gasteiger charge is 2.01.